The minimum absolute atomic E-state index is 0.135. The lowest BCUT2D eigenvalue weighted by Crippen LogP contribution is -2.13. The molecular weight excluding hydrogens is 306 g/mol. The second-order valence-electron chi connectivity index (χ2n) is 5.84. The van der Waals surface area contributed by atoms with Crippen molar-refractivity contribution in [1.29, 1.82) is 0 Å². The Bertz CT molecular complexity index is 866. The lowest BCUT2D eigenvalue weighted by atomic mass is 10.1. The highest BCUT2D eigenvalue weighted by atomic mass is 32.1. The molecule has 0 bridgehead atoms. The van der Waals surface area contributed by atoms with Crippen molar-refractivity contribution in [3.63, 3.8) is 0 Å². The molecule has 3 aromatic rings. The van der Waals surface area contributed by atoms with Gasteiger partial charge in [0.05, 0.1) is 10.2 Å². The lowest BCUT2D eigenvalue weighted by molar-refractivity contribution is 0.102. The summed E-state index contributed by atoms with van der Waals surface area (Å²) < 4.78 is 1.10. The number of amides is 1. The third kappa shape index (κ3) is 3.19. The minimum Gasteiger partial charge on any atom is -0.378 e. The first kappa shape index (κ1) is 15.5. The van der Waals surface area contributed by atoms with Crippen molar-refractivity contribution in [2.75, 3.05) is 24.3 Å². The molecular formula is C18H19N3OS. The summed E-state index contributed by atoms with van der Waals surface area (Å²) in [5.74, 6) is -0.135. The summed E-state index contributed by atoms with van der Waals surface area (Å²) in [7, 11) is 3.95. The molecule has 4 nitrogen and oxygen atoms in total. The Hall–Kier alpha value is -2.40. The number of aromatic nitrogens is 1. The van der Waals surface area contributed by atoms with Gasteiger partial charge < -0.3 is 4.90 Å². The lowest BCUT2D eigenvalue weighted by Gasteiger charge is -2.12. The summed E-state index contributed by atoms with van der Waals surface area (Å²) in [5, 5.41) is 3.53. The molecule has 1 amide bonds. The highest BCUT2D eigenvalue weighted by Crippen LogP contribution is 2.29. The fraction of sp³-hybridized carbons (Fsp3) is 0.222. The van der Waals surface area contributed by atoms with E-state index in [1.165, 1.54) is 16.9 Å². The van der Waals surface area contributed by atoms with E-state index in [1.807, 2.05) is 50.2 Å². The zero-order valence-electron chi connectivity index (χ0n) is 13.7. The van der Waals surface area contributed by atoms with Crippen LogP contribution in [0.5, 0.6) is 0 Å². The second-order valence-corrected chi connectivity index (χ2v) is 6.87. The van der Waals surface area contributed by atoms with Gasteiger partial charge in [0.25, 0.3) is 5.91 Å². The van der Waals surface area contributed by atoms with Gasteiger partial charge in [0.15, 0.2) is 5.13 Å². The number of carbonyl (C=O) groups is 1. The second kappa shape index (κ2) is 6.01. The molecule has 23 heavy (non-hydrogen) atoms. The molecule has 1 heterocycles. The van der Waals surface area contributed by atoms with E-state index in [0.29, 0.717) is 10.7 Å². The zero-order chi connectivity index (χ0) is 16.6. The SMILES string of the molecule is Cc1cc(C)c2nc(NC(=O)c3ccc(N(C)C)cc3)sc2c1. The Kier molecular flexibility index (Phi) is 4.05. The molecule has 0 aliphatic carbocycles. The third-order valence-corrected chi connectivity index (χ3v) is 4.61. The molecule has 0 saturated carbocycles. The highest BCUT2D eigenvalue weighted by molar-refractivity contribution is 7.22. The normalized spacial score (nSPS) is 10.8. The standard InChI is InChI=1S/C18H19N3OS/c1-11-9-12(2)16-15(10-11)23-18(19-16)20-17(22)13-5-7-14(8-6-13)21(3)4/h5-10H,1-4H3,(H,19,20,22). The van der Waals surface area contributed by atoms with Crippen LogP contribution >= 0.6 is 11.3 Å². The molecule has 1 aromatic heterocycles. The van der Waals surface area contributed by atoms with Crippen LogP contribution in [-0.4, -0.2) is 25.0 Å². The monoisotopic (exact) mass is 325 g/mol. The predicted molar refractivity (Wildman–Crippen MR) is 97.8 cm³/mol. The first-order chi connectivity index (χ1) is 10.9. The van der Waals surface area contributed by atoms with Crippen molar-refractivity contribution in [2.24, 2.45) is 0 Å². The van der Waals surface area contributed by atoms with Crippen molar-refractivity contribution < 1.29 is 4.79 Å². The number of thiazole rings is 1. The van der Waals surface area contributed by atoms with Crippen LogP contribution in [0, 0.1) is 13.8 Å². The Balaban J connectivity index is 1.83. The van der Waals surface area contributed by atoms with Crippen molar-refractivity contribution in [3.8, 4) is 0 Å². The predicted octanol–water partition coefficient (Wildman–Crippen LogP) is 4.23. The van der Waals surface area contributed by atoms with Gasteiger partial charge in [-0.15, -0.1) is 0 Å². The average Bonchev–Trinajstić information content (AvgIpc) is 2.90. The maximum absolute atomic E-state index is 12.4. The molecule has 2 aromatic carbocycles. The molecule has 0 radical (unpaired) electrons. The molecule has 0 atom stereocenters. The van der Waals surface area contributed by atoms with Crippen LogP contribution in [0.3, 0.4) is 0 Å². The number of hydrogen-bond donors (Lipinski definition) is 1. The van der Waals surface area contributed by atoms with E-state index in [1.54, 1.807) is 0 Å². The zero-order valence-corrected chi connectivity index (χ0v) is 14.5. The van der Waals surface area contributed by atoms with E-state index in [2.05, 4.69) is 29.4 Å². The van der Waals surface area contributed by atoms with Crippen molar-refractivity contribution in [2.45, 2.75) is 13.8 Å². The maximum Gasteiger partial charge on any atom is 0.257 e. The van der Waals surface area contributed by atoms with Gasteiger partial charge in [0.1, 0.15) is 0 Å². The summed E-state index contributed by atoms with van der Waals surface area (Å²) in [6.07, 6.45) is 0. The number of rotatable bonds is 3. The van der Waals surface area contributed by atoms with Crippen LogP contribution in [0.2, 0.25) is 0 Å². The summed E-state index contributed by atoms with van der Waals surface area (Å²) in [6.45, 7) is 4.11. The van der Waals surface area contributed by atoms with E-state index in [9.17, 15) is 4.79 Å². The summed E-state index contributed by atoms with van der Waals surface area (Å²) in [6, 6.07) is 11.7. The van der Waals surface area contributed by atoms with Gasteiger partial charge in [-0.1, -0.05) is 17.4 Å². The molecule has 5 heteroatoms. The van der Waals surface area contributed by atoms with Gasteiger partial charge in [-0.2, -0.15) is 0 Å². The van der Waals surface area contributed by atoms with Crippen LogP contribution in [0.15, 0.2) is 36.4 Å². The Morgan fingerprint density at radius 1 is 1.13 bits per heavy atom. The summed E-state index contributed by atoms with van der Waals surface area (Å²) >= 11 is 1.51. The highest BCUT2D eigenvalue weighted by Gasteiger charge is 2.11. The van der Waals surface area contributed by atoms with Crippen LogP contribution in [0.1, 0.15) is 21.5 Å². The number of anilines is 2. The number of aryl methyl sites for hydroxylation is 2. The molecule has 0 aliphatic rings. The largest absolute Gasteiger partial charge is 0.378 e. The van der Waals surface area contributed by atoms with Crippen LogP contribution in [0.25, 0.3) is 10.2 Å². The molecule has 0 spiro atoms. The minimum atomic E-state index is -0.135. The topological polar surface area (TPSA) is 45.2 Å². The van der Waals surface area contributed by atoms with E-state index >= 15 is 0 Å². The molecule has 1 N–H and O–H groups in total. The van der Waals surface area contributed by atoms with Gasteiger partial charge >= 0.3 is 0 Å². The van der Waals surface area contributed by atoms with Gasteiger partial charge in [-0.3, -0.25) is 10.1 Å². The number of nitrogens with one attached hydrogen (secondary N) is 1. The van der Waals surface area contributed by atoms with E-state index in [4.69, 9.17) is 0 Å². The number of carbonyl (C=O) groups excluding carboxylic acids is 1. The molecule has 118 valence electrons. The van der Waals surface area contributed by atoms with Crippen molar-refractivity contribution >= 4 is 38.3 Å². The van der Waals surface area contributed by atoms with Gasteiger partial charge in [-0.25, -0.2) is 4.98 Å². The number of hydrogen-bond acceptors (Lipinski definition) is 4. The van der Waals surface area contributed by atoms with E-state index < -0.39 is 0 Å². The first-order valence-electron chi connectivity index (χ1n) is 7.40. The van der Waals surface area contributed by atoms with E-state index in [0.717, 1.165) is 21.5 Å². The van der Waals surface area contributed by atoms with Crippen LogP contribution < -0.4 is 10.2 Å². The van der Waals surface area contributed by atoms with E-state index in [-0.39, 0.29) is 5.91 Å². The average molecular weight is 325 g/mol. The third-order valence-electron chi connectivity index (χ3n) is 3.70. The van der Waals surface area contributed by atoms with Crippen LogP contribution in [0.4, 0.5) is 10.8 Å². The molecule has 0 aliphatic heterocycles. The Morgan fingerprint density at radius 2 is 1.83 bits per heavy atom. The smallest absolute Gasteiger partial charge is 0.257 e. The van der Waals surface area contributed by atoms with Crippen molar-refractivity contribution in [1.82, 2.24) is 4.98 Å². The maximum atomic E-state index is 12.4. The summed E-state index contributed by atoms with van der Waals surface area (Å²) in [4.78, 5) is 18.9. The van der Waals surface area contributed by atoms with Gasteiger partial charge in [-0.05, 0) is 55.3 Å². The van der Waals surface area contributed by atoms with Gasteiger partial charge in [0.2, 0.25) is 0 Å². The van der Waals surface area contributed by atoms with Crippen molar-refractivity contribution in [3.05, 3.63) is 53.1 Å². The quantitative estimate of drug-likeness (QED) is 0.784. The number of nitrogens with zero attached hydrogens (tertiary/aromatic N) is 2. The fourth-order valence-electron chi connectivity index (χ4n) is 2.50. The summed E-state index contributed by atoms with van der Waals surface area (Å²) in [5.41, 5.74) is 4.98. The molecule has 0 unspecified atom stereocenters. The Morgan fingerprint density at radius 3 is 2.48 bits per heavy atom. The first-order valence-corrected chi connectivity index (χ1v) is 8.22. The van der Waals surface area contributed by atoms with Crippen LogP contribution in [-0.2, 0) is 0 Å². The fourth-order valence-corrected chi connectivity index (χ4v) is 3.54. The molecule has 0 fully saturated rings. The molecule has 3 rings (SSSR count). The number of fused-ring (bicyclic) bond motifs is 1. The molecule has 0 saturated heterocycles. The number of benzene rings is 2. The van der Waals surface area contributed by atoms with Gasteiger partial charge in [0, 0.05) is 25.3 Å². The Labute approximate surface area is 139 Å².